The maximum atomic E-state index is 13.6. The molecule has 0 radical (unpaired) electrons. The van der Waals surface area contributed by atoms with Gasteiger partial charge in [-0.2, -0.15) is 0 Å². The van der Waals surface area contributed by atoms with Crippen LogP contribution >= 0.6 is 0 Å². The number of carbonyl (C=O) groups excluding carboxylic acids is 2. The molecule has 2 aromatic rings. The molecule has 1 aromatic carbocycles. The Morgan fingerprint density at radius 3 is 2.56 bits per heavy atom. The van der Waals surface area contributed by atoms with Crippen molar-refractivity contribution in [3.8, 4) is 11.3 Å². The highest BCUT2D eigenvalue weighted by Crippen LogP contribution is 2.35. The smallest absolute Gasteiger partial charge is 0.248 e. The van der Waals surface area contributed by atoms with Gasteiger partial charge < -0.3 is 15.3 Å². The number of carbonyl (C=O) groups is 2. The minimum absolute atomic E-state index is 0.0570. The number of nitrogens with zero attached hydrogens (tertiary/aromatic N) is 4. The van der Waals surface area contributed by atoms with Crippen LogP contribution in [0.15, 0.2) is 35.4 Å². The molecule has 0 aliphatic carbocycles. The van der Waals surface area contributed by atoms with Crippen LogP contribution in [-0.2, 0) is 19.4 Å². The molecule has 1 saturated heterocycles. The predicted molar refractivity (Wildman–Crippen MR) is 117 cm³/mol. The summed E-state index contributed by atoms with van der Waals surface area (Å²) in [5.41, 5.74) is 0.387. The number of hydrogen-bond acceptors (Lipinski definition) is 7. The summed E-state index contributed by atoms with van der Waals surface area (Å²) in [5, 5.41) is 21.0. The molecule has 1 fully saturated rings. The van der Waals surface area contributed by atoms with Crippen molar-refractivity contribution in [2.24, 2.45) is 5.41 Å². The molecule has 2 heterocycles. The first-order valence-electron chi connectivity index (χ1n) is 10.3. The zero-order valence-corrected chi connectivity index (χ0v) is 19.6. The topological polar surface area (TPSA) is 134 Å². The van der Waals surface area contributed by atoms with E-state index in [4.69, 9.17) is 0 Å². The zero-order chi connectivity index (χ0) is 23.8. The molecule has 1 aliphatic rings. The fourth-order valence-electron chi connectivity index (χ4n) is 3.93. The highest BCUT2D eigenvalue weighted by Gasteiger charge is 2.45. The van der Waals surface area contributed by atoms with Crippen LogP contribution in [0.25, 0.3) is 11.3 Å². The maximum Gasteiger partial charge on any atom is 0.248 e. The van der Waals surface area contributed by atoms with E-state index in [0.29, 0.717) is 11.3 Å². The Labute approximate surface area is 187 Å². The number of amides is 2. The molecule has 0 bridgehead atoms. The second-order valence-electron chi connectivity index (χ2n) is 9.16. The van der Waals surface area contributed by atoms with E-state index in [1.807, 2.05) is 20.8 Å². The largest absolute Gasteiger partial charge is 0.391 e. The monoisotopic (exact) mass is 463 g/mol. The number of β-amino-alcohol motifs (C(OH)–C–C–N with tert-alkyl or cyclic N) is 1. The number of likely N-dealkylation sites (tertiary alicyclic amines) is 1. The quantitative estimate of drug-likeness (QED) is 0.664. The highest BCUT2D eigenvalue weighted by atomic mass is 32.2. The standard InChI is InChI=1S/C21H29N5O5S/c1-21(2,3)18(20(29)25-11-14(27)10-17(25)19(28)22-4)26-12-16(23-24-26)13-7-6-8-15(9-13)32(5,30)31/h6-9,12,14,17-18,27H,10-11H2,1-5H3,(H,22,28)/t14?,17?,18-/m1/s1. The number of sulfone groups is 1. The van der Waals surface area contributed by atoms with E-state index in [1.54, 1.807) is 18.3 Å². The first-order chi connectivity index (χ1) is 14.8. The van der Waals surface area contributed by atoms with E-state index in [9.17, 15) is 23.1 Å². The van der Waals surface area contributed by atoms with Crippen molar-refractivity contribution in [3.63, 3.8) is 0 Å². The normalized spacial score (nSPS) is 20.2. The molecule has 3 atom stereocenters. The van der Waals surface area contributed by atoms with Crippen molar-refractivity contribution >= 4 is 21.7 Å². The van der Waals surface area contributed by atoms with Gasteiger partial charge in [0.1, 0.15) is 17.8 Å². The Kier molecular flexibility index (Phi) is 6.43. The van der Waals surface area contributed by atoms with Crippen molar-refractivity contribution in [1.82, 2.24) is 25.2 Å². The summed E-state index contributed by atoms with van der Waals surface area (Å²) >= 11 is 0. The number of nitrogens with one attached hydrogen (secondary N) is 1. The molecular formula is C21H29N5O5S. The Morgan fingerprint density at radius 1 is 1.28 bits per heavy atom. The van der Waals surface area contributed by atoms with Gasteiger partial charge in [0.15, 0.2) is 9.84 Å². The third-order valence-electron chi connectivity index (χ3n) is 5.50. The molecule has 32 heavy (non-hydrogen) atoms. The molecule has 11 heteroatoms. The van der Waals surface area contributed by atoms with Crippen molar-refractivity contribution in [1.29, 1.82) is 0 Å². The SMILES string of the molecule is CNC(=O)C1CC(O)CN1C(=O)[C@@H](n1cc(-c2cccc(S(C)(=O)=O)c2)nn1)C(C)(C)C. The molecule has 10 nitrogen and oxygen atoms in total. The van der Waals surface area contributed by atoms with Crippen LogP contribution < -0.4 is 5.32 Å². The summed E-state index contributed by atoms with van der Waals surface area (Å²) in [6.45, 7) is 5.69. The van der Waals surface area contributed by atoms with Gasteiger partial charge in [-0.25, -0.2) is 13.1 Å². The van der Waals surface area contributed by atoms with Crippen LogP contribution in [0.5, 0.6) is 0 Å². The van der Waals surface area contributed by atoms with Gasteiger partial charge in [-0.05, 0) is 17.5 Å². The van der Waals surface area contributed by atoms with Gasteiger partial charge in [0, 0.05) is 31.8 Å². The van der Waals surface area contributed by atoms with Crippen LogP contribution in [0, 0.1) is 5.41 Å². The molecule has 2 amide bonds. The van der Waals surface area contributed by atoms with Crippen LogP contribution in [0.4, 0.5) is 0 Å². The van der Waals surface area contributed by atoms with Crippen LogP contribution in [0.3, 0.4) is 0 Å². The third-order valence-corrected chi connectivity index (χ3v) is 6.61. The first-order valence-corrected chi connectivity index (χ1v) is 12.1. The number of rotatable bonds is 5. The van der Waals surface area contributed by atoms with E-state index in [1.165, 1.54) is 28.8 Å². The fourth-order valence-corrected chi connectivity index (χ4v) is 4.60. The maximum absolute atomic E-state index is 13.6. The van der Waals surface area contributed by atoms with E-state index >= 15 is 0 Å². The van der Waals surface area contributed by atoms with E-state index in [0.717, 1.165) is 6.26 Å². The molecule has 2 N–H and O–H groups in total. The molecular weight excluding hydrogens is 434 g/mol. The van der Waals surface area contributed by atoms with Gasteiger partial charge in [0.05, 0.1) is 17.2 Å². The highest BCUT2D eigenvalue weighted by molar-refractivity contribution is 7.90. The zero-order valence-electron chi connectivity index (χ0n) is 18.8. The number of likely N-dealkylation sites (N-methyl/N-ethyl adjacent to an activating group) is 1. The molecule has 1 aromatic heterocycles. The number of aliphatic hydroxyl groups is 1. The van der Waals surface area contributed by atoms with E-state index in [2.05, 4.69) is 15.6 Å². The number of hydrogen-bond donors (Lipinski definition) is 2. The molecule has 2 unspecified atom stereocenters. The molecule has 3 rings (SSSR count). The lowest BCUT2D eigenvalue weighted by atomic mass is 9.85. The van der Waals surface area contributed by atoms with Gasteiger partial charge in [-0.15, -0.1) is 5.10 Å². The van der Waals surface area contributed by atoms with Gasteiger partial charge in [0.2, 0.25) is 11.8 Å². The minimum Gasteiger partial charge on any atom is -0.391 e. The van der Waals surface area contributed by atoms with Gasteiger partial charge in [-0.3, -0.25) is 9.59 Å². The summed E-state index contributed by atoms with van der Waals surface area (Å²) in [5.74, 6) is -0.677. The molecule has 174 valence electrons. The molecule has 1 aliphatic heterocycles. The van der Waals surface area contributed by atoms with E-state index in [-0.39, 0.29) is 29.7 Å². The van der Waals surface area contributed by atoms with E-state index < -0.39 is 33.4 Å². The average molecular weight is 464 g/mol. The lowest BCUT2D eigenvalue weighted by Crippen LogP contribution is -2.49. The number of benzene rings is 1. The van der Waals surface area contributed by atoms with Crippen LogP contribution in [0.2, 0.25) is 0 Å². The van der Waals surface area contributed by atoms with Crippen molar-refractivity contribution in [2.45, 2.75) is 50.3 Å². The van der Waals surface area contributed by atoms with Crippen LogP contribution in [-0.4, -0.2) is 77.2 Å². The summed E-state index contributed by atoms with van der Waals surface area (Å²) < 4.78 is 25.2. The minimum atomic E-state index is -3.39. The summed E-state index contributed by atoms with van der Waals surface area (Å²) in [7, 11) is -1.90. The first kappa shape index (κ1) is 23.9. The van der Waals surface area contributed by atoms with Gasteiger partial charge in [-0.1, -0.05) is 38.1 Å². The molecule has 0 saturated carbocycles. The van der Waals surface area contributed by atoms with Crippen molar-refractivity contribution in [2.75, 3.05) is 19.8 Å². The summed E-state index contributed by atoms with van der Waals surface area (Å²) in [6.07, 6.45) is 2.11. The predicted octanol–water partition coefficient (Wildman–Crippen LogP) is 0.644. The third kappa shape index (κ3) is 4.83. The summed E-state index contributed by atoms with van der Waals surface area (Å²) in [4.78, 5) is 27.4. The Bertz CT molecular complexity index is 1120. The summed E-state index contributed by atoms with van der Waals surface area (Å²) in [6, 6.07) is 4.80. The number of aromatic nitrogens is 3. The number of aliphatic hydroxyl groups excluding tert-OH is 1. The van der Waals surface area contributed by atoms with Crippen LogP contribution in [0.1, 0.15) is 33.2 Å². The van der Waals surface area contributed by atoms with Crippen molar-refractivity contribution < 1.29 is 23.1 Å². The fraction of sp³-hybridized carbons (Fsp3) is 0.524. The Balaban J connectivity index is 1.98. The van der Waals surface area contributed by atoms with Gasteiger partial charge >= 0.3 is 0 Å². The van der Waals surface area contributed by atoms with Crippen molar-refractivity contribution in [3.05, 3.63) is 30.5 Å². The second-order valence-corrected chi connectivity index (χ2v) is 11.2. The van der Waals surface area contributed by atoms with Gasteiger partial charge in [0.25, 0.3) is 0 Å². The lowest BCUT2D eigenvalue weighted by Gasteiger charge is -2.34. The second kappa shape index (κ2) is 8.62. The lowest BCUT2D eigenvalue weighted by molar-refractivity contribution is -0.144. The Morgan fingerprint density at radius 2 is 1.97 bits per heavy atom. The average Bonchev–Trinajstić information content (AvgIpc) is 3.33. The Hall–Kier alpha value is -2.79. The molecule has 0 spiro atoms.